The van der Waals surface area contributed by atoms with Gasteiger partial charge in [0.2, 0.25) is 5.91 Å². The molecule has 0 fully saturated rings. The molecule has 0 aliphatic rings. The quantitative estimate of drug-likeness (QED) is 0.781. The van der Waals surface area contributed by atoms with Crippen molar-refractivity contribution in [2.45, 2.75) is 46.2 Å². The number of aryl methyl sites for hydroxylation is 1. The molecule has 20 heavy (non-hydrogen) atoms. The van der Waals surface area contributed by atoms with E-state index in [1.165, 1.54) is 0 Å². The average molecular weight is 276 g/mol. The fraction of sp³-hybridized carbons (Fsp3) is 0.500. The predicted octanol–water partition coefficient (Wildman–Crippen LogP) is 2.06. The normalized spacial score (nSPS) is 15.2. The summed E-state index contributed by atoms with van der Waals surface area (Å²) in [6.45, 7) is 7.56. The van der Waals surface area contributed by atoms with Crippen LogP contribution in [-0.4, -0.2) is 23.8 Å². The van der Waals surface area contributed by atoms with Gasteiger partial charge in [0.25, 0.3) is 0 Å². The van der Waals surface area contributed by atoms with Crippen molar-refractivity contribution < 1.29 is 9.59 Å². The number of amides is 1. The first kappa shape index (κ1) is 16.4. The molecule has 4 heteroatoms. The number of hydrogen-bond acceptors (Lipinski definition) is 3. The van der Waals surface area contributed by atoms with Crippen LogP contribution in [0.5, 0.6) is 0 Å². The highest BCUT2D eigenvalue weighted by Gasteiger charge is 2.23. The Morgan fingerprint density at radius 3 is 2.25 bits per heavy atom. The molecule has 1 aromatic rings. The lowest BCUT2D eigenvalue weighted by atomic mass is 9.98. The Bertz CT molecular complexity index is 468. The third-order valence-electron chi connectivity index (χ3n) is 3.65. The van der Waals surface area contributed by atoms with E-state index < -0.39 is 12.1 Å². The Morgan fingerprint density at radius 2 is 1.75 bits per heavy atom. The van der Waals surface area contributed by atoms with Crippen molar-refractivity contribution in [3.05, 3.63) is 35.4 Å². The van der Waals surface area contributed by atoms with Gasteiger partial charge in [0.15, 0.2) is 5.78 Å². The molecule has 3 atom stereocenters. The number of rotatable bonds is 6. The first-order valence-electron chi connectivity index (χ1n) is 7.03. The highest BCUT2D eigenvalue weighted by molar-refractivity contribution is 6.02. The Labute approximate surface area is 120 Å². The molecule has 0 unspecified atom stereocenters. The van der Waals surface area contributed by atoms with Crippen LogP contribution in [0.4, 0.5) is 0 Å². The van der Waals surface area contributed by atoms with Crippen LogP contribution >= 0.6 is 0 Å². The molecule has 110 valence electrons. The fourth-order valence-corrected chi connectivity index (χ4v) is 1.86. The van der Waals surface area contributed by atoms with Gasteiger partial charge in [0.05, 0.1) is 12.1 Å². The first-order chi connectivity index (χ1) is 9.36. The lowest BCUT2D eigenvalue weighted by molar-refractivity contribution is -0.123. The molecule has 0 saturated heterocycles. The van der Waals surface area contributed by atoms with E-state index in [1.807, 2.05) is 32.9 Å². The van der Waals surface area contributed by atoms with Crippen molar-refractivity contribution in [3.63, 3.8) is 0 Å². The summed E-state index contributed by atoms with van der Waals surface area (Å²) in [5.41, 5.74) is 7.55. The Balaban J connectivity index is 2.66. The van der Waals surface area contributed by atoms with Crippen molar-refractivity contribution in [1.29, 1.82) is 0 Å². The van der Waals surface area contributed by atoms with Crippen LogP contribution in [0.1, 0.15) is 43.1 Å². The summed E-state index contributed by atoms with van der Waals surface area (Å²) in [5.74, 6) is -0.279. The molecule has 0 spiro atoms. The molecule has 1 amide bonds. The standard InChI is InChI=1S/C16H24N2O2/c1-5-11(3)14(17)16(20)18-12(4)15(19)13-8-6-10(2)7-9-13/h6-9,11-12,14H,5,17H2,1-4H3,(H,18,20)/t11-,12-,14-/m0/s1. The Hall–Kier alpha value is -1.68. The van der Waals surface area contributed by atoms with Gasteiger partial charge >= 0.3 is 0 Å². The summed E-state index contributed by atoms with van der Waals surface area (Å²) in [6.07, 6.45) is 0.828. The molecule has 4 nitrogen and oxygen atoms in total. The van der Waals surface area contributed by atoms with Gasteiger partial charge in [-0.15, -0.1) is 0 Å². The minimum atomic E-state index is -0.576. The molecule has 0 bridgehead atoms. The van der Waals surface area contributed by atoms with Gasteiger partial charge in [0.1, 0.15) is 0 Å². The second-order valence-corrected chi connectivity index (χ2v) is 5.37. The molecule has 1 aromatic carbocycles. The van der Waals surface area contributed by atoms with Gasteiger partial charge in [-0.3, -0.25) is 9.59 Å². The Morgan fingerprint density at radius 1 is 1.20 bits per heavy atom. The molecule has 0 aliphatic carbocycles. The van der Waals surface area contributed by atoms with Gasteiger partial charge in [0, 0.05) is 5.56 Å². The van der Waals surface area contributed by atoms with E-state index in [0.29, 0.717) is 5.56 Å². The number of ketones is 1. The first-order valence-corrected chi connectivity index (χ1v) is 7.03. The number of nitrogens with one attached hydrogen (secondary N) is 1. The molecule has 0 saturated carbocycles. The molecule has 0 aromatic heterocycles. The highest BCUT2D eigenvalue weighted by Crippen LogP contribution is 2.08. The van der Waals surface area contributed by atoms with Crippen LogP contribution in [-0.2, 0) is 4.79 Å². The molecular weight excluding hydrogens is 252 g/mol. The largest absolute Gasteiger partial charge is 0.345 e. The fourth-order valence-electron chi connectivity index (χ4n) is 1.86. The van der Waals surface area contributed by atoms with Crippen LogP contribution < -0.4 is 11.1 Å². The predicted molar refractivity (Wildman–Crippen MR) is 80.5 cm³/mol. The van der Waals surface area contributed by atoms with Crippen LogP contribution in [0, 0.1) is 12.8 Å². The maximum atomic E-state index is 12.2. The van der Waals surface area contributed by atoms with Gasteiger partial charge < -0.3 is 11.1 Å². The topological polar surface area (TPSA) is 72.2 Å². The van der Waals surface area contributed by atoms with Crippen LogP contribution in [0.3, 0.4) is 0 Å². The molecule has 0 heterocycles. The van der Waals surface area contributed by atoms with Gasteiger partial charge in [-0.2, -0.15) is 0 Å². The van der Waals surface area contributed by atoms with E-state index in [4.69, 9.17) is 5.73 Å². The van der Waals surface area contributed by atoms with Crippen LogP contribution in [0.2, 0.25) is 0 Å². The molecule has 1 rings (SSSR count). The summed E-state index contributed by atoms with van der Waals surface area (Å²) in [6, 6.07) is 6.16. The van der Waals surface area contributed by atoms with E-state index in [1.54, 1.807) is 19.1 Å². The molecular formula is C16H24N2O2. The summed E-state index contributed by atoms with van der Waals surface area (Å²) in [4.78, 5) is 24.2. The van der Waals surface area contributed by atoms with E-state index in [9.17, 15) is 9.59 Å². The lowest BCUT2D eigenvalue weighted by Crippen LogP contribution is -2.49. The van der Waals surface area contributed by atoms with E-state index in [2.05, 4.69) is 5.32 Å². The minimum Gasteiger partial charge on any atom is -0.345 e. The third-order valence-corrected chi connectivity index (χ3v) is 3.65. The maximum Gasteiger partial charge on any atom is 0.237 e. The van der Waals surface area contributed by atoms with Gasteiger partial charge in [-0.05, 0) is 19.8 Å². The minimum absolute atomic E-state index is 0.0941. The number of carbonyl (C=O) groups excluding carboxylic acids is 2. The van der Waals surface area contributed by atoms with Crippen molar-refractivity contribution in [3.8, 4) is 0 Å². The van der Waals surface area contributed by atoms with Gasteiger partial charge in [-0.1, -0.05) is 50.1 Å². The number of hydrogen-bond donors (Lipinski definition) is 2. The second kappa shape index (κ2) is 7.20. The monoisotopic (exact) mass is 276 g/mol. The Kier molecular flexibility index (Phi) is 5.89. The van der Waals surface area contributed by atoms with E-state index in [-0.39, 0.29) is 17.6 Å². The molecule has 0 aliphatic heterocycles. The smallest absolute Gasteiger partial charge is 0.237 e. The van der Waals surface area contributed by atoms with E-state index >= 15 is 0 Å². The second-order valence-electron chi connectivity index (χ2n) is 5.37. The van der Waals surface area contributed by atoms with Crippen molar-refractivity contribution in [2.24, 2.45) is 11.7 Å². The summed E-state index contributed by atoms with van der Waals surface area (Å²) in [5, 5.41) is 2.69. The zero-order valence-electron chi connectivity index (χ0n) is 12.6. The lowest BCUT2D eigenvalue weighted by Gasteiger charge is -2.20. The van der Waals surface area contributed by atoms with Crippen molar-refractivity contribution in [1.82, 2.24) is 5.32 Å². The third kappa shape index (κ3) is 4.17. The number of Topliss-reactive ketones (excluding diaryl/α,β-unsaturated/α-hetero) is 1. The highest BCUT2D eigenvalue weighted by atomic mass is 16.2. The number of carbonyl (C=O) groups is 2. The van der Waals surface area contributed by atoms with Gasteiger partial charge in [-0.25, -0.2) is 0 Å². The van der Waals surface area contributed by atoms with Crippen LogP contribution in [0.15, 0.2) is 24.3 Å². The summed E-state index contributed by atoms with van der Waals surface area (Å²) < 4.78 is 0. The number of nitrogens with two attached hydrogens (primary N) is 1. The zero-order chi connectivity index (χ0) is 15.3. The summed E-state index contributed by atoms with van der Waals surface area (Å²) in [7, 11) is 0. The van der Waals surface area contributed by atoms with Crippen molar-refractivity contribution >= 4 is 11.7 Å². The average Bonchev–Trinajstić information content (AvgIpc) is 2.45. The molecule has 3 N–H and O–H groups in total. The molecule has 0 radical (unpaired) electrons. The summed E-state index contributed by atoms with van der Waals surface area (Å²) >= 11 is 0. The SMILES string of the molecule is CC[C@H](C)[C@H](N)C(=O)N[C@@H](C)C(=O)c1ccc(C)cc1. The maximum absolute atomic E-state index is 12.2. The number of benzene rings is 1. The van der Waals surface area contributed by atoms with Crippen molar-refractivity contribution in [2.75, 3.05) is 0 Å². The zero-order valence-corrected chi connectivity index (χ0v) is 12.6. The van der Waals surface area contributed by atoms with E-state index in [0.717, 1.165) is 12.0 Å². The van der Waals surface area contributed by atoms with Crippen LogP contribution in [0.25, 0.3) is 0 Å².